The van der Waals surface area contributed by atoms with Crippen molar-refractivity contribution < 1.29 is 4.79 Å². The molecular weight excluding hydrogens is 226 g/mol. The second-order valence-electron chi connectivity index (χ2n) is 5.98. The Morgan fingerprint density at radius 2 is 1.72 bits per heavy atom. The van der Waals surface area contributed by atoms with Gasteiger partial charge in [-0.2, -0.15) is 0 Å². The van der Waals surface area contributed by atoms with Gasteiger partial charge >= 0.3 is 0 Å². The lowest BCUT2D eigenvalue weighted by Gasteiger charge is -2.34. The molecule has 1 heterocycles. The lowest BCUT2D eigenvalue weighted by atomic mass is 9.90. The molecule has 0 aliphatic carbocycles. The number of likely N-dealkylation sites (tertiary alicyclic amines) is 1. The number of carbonyl (C=O) groups is 1. The summed E-state index contributed by atoms with van der Waals surface area (Å²) < 4.78 is 0. The topological polar surface area (TPSA) is 44.4 Å². The first-order valence-electron chi connectivity index (χ1n) is 7.15. The molecule has 106 valence electrons. The molecule has 0 spiro atoms. The van der Waals surface area contributed by atoms with E-state index >= 15 is 0 Å². The monoisotopic (exact) mass is 255 g/mol. The van der Waals surface area contributed by atoms with Crippen LogP contribution in [0.1, 0.15) is 40.5 Å². The molecule has 0 radical (unpaired) electrons. The molecule has 1 aliphatic rings. The minimum absolute atomic E-state index is 0.102. The number of nitrogens with zero attached hydrogens (tertiary/aromatic N) is 1. The normalized spacial score (nSPS) is 21.9. The van der Waals surface area contributed by atoms with Crippen LogP contribution in [-0.4, -0.2) is 49.1 Å². The summed E-state index contributed by atoms with van der Waals surface area (Å²) in [6.07, 6.45) is 2.45. The third-order valence-corrected chi connectivity index (χ3v) is 3.81. The predicted molar refractivity (Wildman–Crippen MR) is 75.6 cm³/mol. The largest absolute Gasteiger partial charge is 0.353 e. The van der Waals surface area contributed by atoms with Gasteiger partial charge in [0.2, 0.25) is 5.91 Å². The average Bonchev–Trinajstić information content (AvgIpc) is 2.28. The summed E-state index contributed by atoms with van der Waals surface area (Å²) in [5.41, 5.74) is 0. The maximum Gasteiger partial charge on any atom is 0.237 e. The maximum absolute atomic E-state index is 11.8. The van der Waals surface area contributed by atoms with Crippen molar-refractivity contribution in [3.63, 3.8) is 0 Å². The Morgan fingerprint density at radius 3 is 2.22 bits per heavy atom. The van der Waals surface area contributed by atoms with Crippen LogP contribution in [0.4, 0.5) is 0 Å². The van der Waals surface area contributed by atoms with Crippen LogP contribution in [-0.2, 0) is 4.79 Å². The van der Waals surface area contributed by atoms with Crippen LogP contribution in [0, 0.1) is 5.92 Å². The van der Waals surface area contributed by atoms with Crippen molar-refractivity contribution in [3.05, 3.63) is 0 Å². The van der Waals surface area contributed by atoms with Crippen molar-refractivity contribution in [1.82, 2.24) is 15.5 Å². The number of rotatable bonds is 5. The van der Waals surface area contributed by atoms with E-state index in [-0.39, 0.29) is 18.0 Å². The summed E-state index contributed by atoms with van der Waals surface area (Å²) in [5, 5.41) is 6.39. The molecule has 0 aromatic heterocycles. The zero-order valence-electron chi connectivity index (χ0n) is 12.5. The minimum atomic E-state index is -0.109. The molecule has 4 nitrogen and oxygen atoms in total. The molecule has 1 rings (SSSR count). The summed E-state index contributed by atoms with van der Waals surface area (Å²) in [4.78, 5) is 14.2. The molecule has 0 saturated carbocycles. The van der Waals surface area contributed by atoms with E-state index in [0.717, 1.165) is 0 Å². The molecule has 1 saturated heterocycles. The third kappa shape index (κ3) is 4.94. The van der Waals surface area contributed by atoms with Crippen LogP contribution >= 0.6 is 0 Å². The highest BCUT2D eigenvalue weighted by Crippen LogP contribution is 2.19. The van der Waals surface area contributed by atoms with Crippen LogP contribution in [0.5, 0.6) is 0 Å². The summed E-state index contributed by atoms with van der Waals surface area (Å²) in [5.74, 6) is 0.792. The molecular formula is C14H29N3O. The predicted octanol–water partition coefficient (Wildman–Crippen LogP) is 1.22. The van der Waals surface area contributed by atoms with E-state index < -0.39 is 0 Å². The van der Waals surface area contributed by atoms with Crippen LogP contribution in [0.25, 0.3) is 0 Å². The van der Waals surface area contributed by atoms with Crippen molar-refractivity contribution in [3.8, 4) is 0 Å². The second-order valence-corrected chi connectivity index (χ2v) is 5.98. The third-order valence-electron chi connectivity index (χ3n) is 3.81. The van der Waals surface area contributed by atoms with E-state index in [1.807, 2.05) is 20.8 Å². The number of carbonyl (C=O) groups excluding carboxylic acids is 1. The van der Waals surface area contributed by atoms with Gasteiger partial charge in [0.25, 0.3) is 0 Å². The first-order valence-corrected chi connectivity index (χ1v) is 7.15. The summed E-state index contributed by atoms with van der Waals surface area (Å²) >= 11 is 0. The van der Waals surface area contributed by atoms with Gasteiger partial charge in [-0.05, 0) is 66.6 Å². The van der Waals surface area contributed by atoms with Gasteiger partial charge in [-0.1, -0.05) is 0 Å². The number of piperidine rings is 1. The Hall–Kier alpha value is -0.610. The molecule has 2 atom stereocenters. The van der Waals surface area contributed by atoms with E-state index in [4.69, 9.17) is 0 Å². The summed E-state index contributed by atoms with van der Waals surface area (Å²) in [7, 11) is 2.17. The molecule has 0 aromatic rings. The van der Waals surface area contributed by atoms with Crippen molar-refractivity contribution in [1.29, 1.82) is 0 Å². The Labute approximate surface area is 111 Å². The Bertz CT molecular complexity index is 260. The molecule has 4 heteroatoms. The molecule has 2 unspecified atom stereocenters. The first kappa shape index (κ1) is 15.4. The highest BCUT2D eigenvalue weighted by Gasteiger charge is 2.24. The van der Waals surface area contributed by atoms with Crippen molar-refractivity contribution in [2.24, 2.45) is 5.92 Å². The lowest BCUT2D eigenvalue weighted by Crippen LogP contribution is -2.50. The number of hydrogen-bond acceptors (Lipinski definition) is 3. The fourth-order valence-electron chi connectivity index (χ4n) is 2.54. The van der Waals surface area contributed by atoms with Crippen molar-refractivity contribution >= 4 is 5.91 Å². The van der Waals surface area contributed by atoms with Gasteiger partial charge in [0, 0.05) is 12.1 Å². The van der Waals surface area contributed by atoms with Gasteiger partial charge < -0.3 is 15.5 Å². The Morgan fingerprint density at radius 1 is 1.17 bits per heavy atom. The quantitative estimate of drug-likeness (QED) is 0.776. The lowest BCUT2D eigenvalue weighted by molar-refractivity contribution is -0.123. The summed E-state index contributed by atoms with van der Waals surface area (Å²) in [6, 6.07) is 0.508. The molecule has 1 amide bonds. The highest BCUT2D eigenvalue weighted by atomic mass is 16.2. The maximum atomic E-state index is 11.8. The van der Waals surface area contributed by atoms with Crippen LogP contribution < -0.4 is 10.6 Å². The fraction of sp³-hybridized carbons (Fsp3) is 0.929. The van der Waals surface area contributed by atoms with Crippen LogP contribution in [0.15, 0.2) is 0 Å². The summed E-state index contributed by atoms with van der Waals surface area (Å²) in [6.45, 7) is 10.5. The number of nitrogens with one attached hydrogen (secondary N) is 2. The van der Waals surface area contributed by atoms with E-state index in [1.165, 1.54) is 25.9 Å². The van der Waals surface area contributed by atoms with Crippen LogP contribution in [0.3, 0.4) is 0 Å². The van der Waals surface area contributed by atoms with E-state index in [0.29, 0.717) is 12.0 Å². The standard InChI is InChI=1S/C14H29N3O/c1-10(2)15-14(18)12(4)16-11(3)13-6-8-17(5)9-7-13/h10-13,16H,6-9H2,1-5H3,(H,15,18). The molecule has 0 bridgehead atoms. The van der Waals surface area contributed by atoms with Gasteiger partial charge in [0.15, 0.2) is 0 Å². The van der Waals surface area contributed by atoms with Gasteiger partial charge in [-0.15, -0.1) is 0 Å². The van der Waals surface area contributed by atoms with Crippen LogP contribution in [0.2, 0.25) is 0 Å². The Balaban J connectivity index is 2.34. The van der Waals surface area contributed by atoms with E-state index in [2.05, 4.69) is 29.5 Å². The van der Waals surface area contributed by atoms with Crippen molar-refractivity contribution in [2.45, 2.75) is 58.7 Å². The second kappa shape index (κ2) is 7.10. The van der Waals surface area contributed by atoms with E-state index in [9.17, 15) is 4.79 Å². The van der Waals surface area contributed by atoms with Gasteiger partial charge in [-0.3, -0.25) is 4.79 Å². The van der Waals surface area contributed by atoms with Crippen molar-refractivity contribution in [2.75, 3.05) is 20.1 Å². The zero-order valence-corrected chi connectivity index (χ0v) is 12.5. The molecule has 0 aromatic carbocycles. The molecule has 1 fully saturated rings. The first-order chi connectivity index (χ1) is 8.40. The highest BCUT2D eigenvalue weighted by molar-refractivity contribution is 5.81. The van der Waals surface area contributed by atoms with E-state index in [1.54, 1.807) is 0 Å². The molecule has 1 aliphatic heterocycles. The average molecular weight is 255 g/mol. The minimum Gasteiger partial charge on any atom is -0.353 e. The fourth-order valence-corrected chi connectivity index (χ4v) is 2.54. The SMILES string of the molecule is CC(C)NC(=O)C(C)NC(C)C1CCN(C)CC1. The van der Waals surface area contributed by atoms with Gasteiger partial charge in [0.1, 0.15) is 0 Å². The van der Waals surface area contributed by atoms with Gasteiger partial charge in [-0.25, -0.2) is 0 Å². The Kier molecular flexibility index (Phi) is 6.09. The van der Waals surface area contributed by atoms with Gasteiger partial charge in [0.05, 0.1) is 6.04 Å². The molecule has 2 N–H and O–H groups in total. The smallest absolute Gasteiger partial charge is 0.237 e. The number of amides is 1. The molecule has 18 heavy (non-hydrogen) atoms. The zero-order chi connectivity index (χ0) is 13.7. The number of hydrogen-bond donors (Lipinski definition) is 2.